The third-order valence-corrected chi connectivity index (χ3v) is 1.68. The Morgan fingerprint density at radius 3 is 2.94 bits per heavy atom. The highest BCUT2D eigenvalue weighted by Crippen LogP contribution is 2.07. The van der Waals surface area contributed by atoms with Crippen LogP contribution in [0.4, 0.5) is 5.95 Å². The summed E-state index contributed by atoms with van der Waals surface area (Å²) in [4.78, 5) is 15.6. The maximum Gasteiger partial charge on any atom is 0.323 e. The summed E-state index contributed by atoms with van der Waals surface area (Å²) in [6, 6.07) is 0.194. The van der Waals surface area contributed by atoms with Crippen LogP contribution < -0.4 is 10.5 Å². The highest BCUT2D eigenvalue weighted by molar-refractivity contribution is 5.23. The molecule has 0 saturated carbocycles. The Labute approximate surface area is 91.5 Å². The van der Waals surface area contributed by atoms with Gasteiger partial charge in [-0.15, -0.1) is 0 Å². The molecule has 8 heteroatoms. The molecule has 0 radical (unpaired) electrons. The Kier molecular flexibility index (Phi) is 2.90. The average Bonchev–Trinajstić information content (AvgIpc) is 2.79. The molecule has 0 fully saturated rings. The number of hydrogen-bond acceptors (Lipinski definition) is 7. The van der Waals surface area contributed by atoms with Crippen molar-refractivity contribution in [3.8, 4) is 12.0 Å². The van der Waals surface area contributed by atoms with Crippen molar-refractivity contribution >= 4 is 5.95 Å². The normalized spacial score (nSPS) is 10.3. The first-order valence-corrected chi connectivity index (χ1v) is 4.79. The summed E-state index contributed by atoms with van der Waals surface area (Å²) in [5, 5.41) is 3.89. The fraction of sp³-hybridized carbons (Fsp3) is 0.375. The van der Waals surface area contributed by atoms with E-state index in [4.69, 9.17) is 10.5 Å². The zero-order valence-electron chi connectivity index (χ0n) is 8.74. The lowest BCUT2D eigenvalue weighted by atomic mass is 10.5. The Balaban J connectivity index is 2.29. The van der Waals surface area contributed by atoms with Crippen LogP contribution in [0.1, 0.15) is 13.3 Å². The Morgan fingerprint density at radius 1 is 1.38 bits per heavy atom. The van der Waals surface area contributed by atoms with E-state index in [1.165, 1.54) is 17.3 Å². The van der Waals surface area contributed by atoms with E-state index in [1.54, 1.807) is 0 Å². The fourth-order valence-corrected chi connectivity index (χ4v) is 1.03. The van der Waals surface area contributed by atoms with E-state index >= 15 is 0 Å². The molecule has 2 heterocycles. The number of rotatable bonds is 4. The second-order valence-electron chi connectivity index (χ2n) is 2.96. The van der Waals surface area contributed by atoms with Gasteiger partial charge in [0.15, 0.2) is 0 Å². The summed E-state index contributed by atoms with van der Waals surface area (Å²) >= 11 is 0. The Morgan fingerprint density at radius 2 is 2.25 bits per heavy atom. The molecular formula is C8H11N7O. The molecule has 0 aliphatic heterocycles. The van der Waals surface area contributed by atoms with Crippen molar-refractivity contribution in [2.24, 2.45) is 0 Å². The van der Waals surface area contributed by atoms with Crippen LogP contribution >= 0.6 is 0 Å². The number of aromatic nitrogens is 6. The molecule has 0 spiro atoms. The first-order chi connectivity index (χ1) is 7.79. The summed E-state index contributed by atoms with van der Waals surface area (Å²) < 4.78 is 6.66. The fourth-order valence-electron chi connectivity index (χ4n) is 1.03. The molecule has 2 aromatic heterocycles. The van der Waals surface area contributed by atoms with Gasteiger partial charge in [0.1, 0.15) is 12.7 Å². The van der Waals surface area contributed by atoms with Gasteiger partial charge in [0.25, 0.3) is 5.95 Å². The number of nitrogens with zero attached hydrogens (tertiary/aromatic N) is 6. The molecule has 16 heavy (non-hydrogen) atoms. The second kappa shape index (κ2) is 4.51. The van der Waals surface area contributed by atoms with Gasteiger partial charge in [0.2, 0.25) is 5.95 Å². The molecule has 2 aromatic rings. The van der Waals surface area contributed by atoms with Gasteiger partial charge >= 0.3 is 6.01 Å². The minimum Gasteiger partial charge on any atom is -0.463 e. The standard InChI is InChI=1S/C8H11N7O/c1-2-3-16-8-13-6(9)12-7(14-8)15-5-10-4-11-15/h4-5H,2-3H2,1H3,(H2,9,12,13,14). The molecule has 0 unspecified atom stereocenters. The second-order valence-corrected chi connectivity index (χ2v) is 2.96. The first-order valence-electron chi connectivity index (χ1n) is 4.79. The predicted octanol–water partition coefficient (Wildman–Crippen LogP) is -0.177. The topological polar surface area (TPSA) is 105 Å². The van der Waals surface area contributed by atoms with E-state index in [2.05, 4.69) is 25.0 Å². The van der Waals surface area contributed by atoms with Crippen molar-refractivity contribution in [2.75, 3.05) is 12.3 Å². The van der Waals surface area contributed by atoms with E-state index in [0.717, 1.165) is 6.42 Å². The average molecular weight is 221 g/mol. The molecule has 0 aromatic carbocycles. The zero-order valence-corrected chi connectivity index (χ0v) is 8.74. The van der Waals surface area contributed by atoms with Gasteiger partial charge < -0.3 is 10.5 Å². The SMILES string of the molecule is CCCOc1nc(N)nc(-n2cncn2)n1. The third kappa shape index (κ3) is 2.22. The monoisotopic (exact) mass is 221 g/mol. The third-order valence-electron chi connectivity index (χ3n) is 1.68. The van der Waals surface area contributed by atoms with Crippen molar-refractivity contribution in [3.63, 3.8) is 0 Å². The van der Waals surface area contributed by atoms with Gasteiger partial charge in [-0.05, 0) is 6.42 Å². The van der Waals surface area contributed by atoms with E-state index in [9.17, 15) is 0 Å². The van der Waals surface area contributed by atoms with E-state index in [0.29, 0.717) is 6.61 Å². The van der Waals surface area contributed by atoms with Crippen LogP contribution in [0.25, 0.3) is 5.95 Å². The predicted molar refractivity (Wildman–Crippen MR) is 54.9 cm³/mol. The van der Waals surface area contributed by atoms with Crippen molar-refractivity contribution in [3.05, 3.63) is 12.7 Å². The summed E-state index contributed by atoms with van der Waals surface area (Å²) in [5.74, 6) is 0.378. The highest BCUT2D eigenvalue weighted by Gasteiger charge is 2.07. The van der Waals surface area contributed by atoms with Crippen LogP contribution in [0, 0.1) is 0 Å². The van der Waals surface area contributed by atoms with Crippen molar-refractivity contribution in [1.29, 1.82) is 0 Å². The molecule has 84 valence electrons. The van der Waals surface area contributed by atoms with E-state index < -0.39 is 0 Å². The Hall–Kier alpha value is -2.25. The number of anilines is 1. The number of nitrogen functional groups attached to an aromatic ring is 1. The van der Waals surface area contributed by atoms with Crippen LogP contribution in [-0.2, 0) is 0 Å². The summed E-state index contributed by atoms with van der Waals surface area (Å²) in [7, 11) is 0. The lowest BCUT2D eigenvalue weighted by Gasteiger charge is -2.04. The molecule has 0 bridgehead atoms. The number of ether oxygens (including phenoxy) is 1. The van der Waals surface area contributed by atoms with Gasteiger partial charge in [-0.3, -0.25) is 0 Å². The maximum absolute atomic E-state index is 5.53. The van der Waals surface area contributed by atoms with Crippen molar-refractivity contribution in [2.45, 2.75) is 13.3 Å². The van der Waals surface area contributed by atoms with Crippen molar-refractivity contribution < 1.29 is 4.74 Å². The smallest absolute Gasteiger partial charge is 0.323 e. The summed E-state index contributed by atoms with van der Waals surface area (Å²) in [6.07, 6.45) is 3.72. The van der Waals surface area contributed by atoms with Gasteiger partial charge in [-0.2, -0.15) is 24.7 Å². The van der Waals surface area contributed by atoms with Crippen LogP contribution in [-0.4, -0.2) is 36.3 Å². The molecule has 8 nitrogen and oxygen atoms in total. The lowest BCUT2D eigenvalue weighted by Crippen LogP contribution is -2.09. The largest absolute Gasteiger partial charge is 0.463 e. The van der Waals surface area contributed by atoms with Gasteiger partial charge in [-0.25, -0.2) is 4.98 Å². The Bertz CT molecular complexity index is 455. The van der Waals surface area contributed by atoms with Gasteiger partial charge in [-0.1, -0.05) is 6.92 Å². The van der Waals surface area contributed by atoms with Gasteiger partial charge in [0, 0.05) is 0 Å². The molecule has 0 saturated heterocycles. The molecule has 0 aliphatic rings. The molecular weight excluding hydrogens is 210 g/mol. The molecule has 2 N–H and O–H groups in total. The molecule has 0 amide bonds. The van der Waals surface area contributed by atoms with Crippen LogP contribution in [0.3, 0.4) is 0 Å². The minimum atomic E-state index is 0.0894. The van der Waals surface area contributed by atoms with Gasteiger partial charge in [0.05, 0.1) is 6.61 Å². The molecule has 0 aliphatic carbocycles. The lowest BCUT2D eigenvalue weighted by molar-refractivity contribution is 0.291. The number of hydrogen-bond donors (Lipinski definition) is 1. The van der Waals surface area contributed by atoms with Crippen LogP contribution in [0.15, 0.2) is 12.7 Å². The molecule has 2 rings (SSSR count). The van der Waals surface area contributed by atoms with Crippen LogP contribution in [0.5, 0.6) is 6.01 Å². The van der Waals surface area contributed by atoms with Crippen LogP contribution in [0.2, 0.25) is 0 Å². The number of nitrogens with two attached hydrogens (primary N) is 1. The van der Waals surface area contributed by atoms with E-state index in [1.807, 2.05) is 6.92 Å². The summed E-state index contributed by atoms with van der Waals surface area (Å²) in [6.45, 7) is 2.52. The maximum atomic E-state index is 5.53. The highest BCUT2D eigenvalue weighted by atomic mass is 16.5. The first kappa shape index (κ1) is 10.3. The van der Waals surface area contributed by atoms with E-state index in [-0.39, 0.29) is 17.9 Å². The minimum absolute atomic E-state index is 0.0894. The quantitative estimate of drug-likeness (QED) is 0.763. The van der Waals surface area contributed by atoms with Crippen molar-refractivity contribution in [1.82, 2.24) is 29.7 Å². The summed E-state index contributed by atoms with van der Waals surface area (Å²) in [5.41, 5.74) is 5.53. The zero-order chi connectivity index (χ0) is 11.4. The molecule has 0 atom stereocenters.